The van der Waals surface area contributed by atoms with Crippen LogP contribution in [0.3, 0.4) is 0 Å². The van der Waals surface area contributed by atoms with E-state index >= 15 is 0 Å². The number of nitrogens with two attached hydrogens (primary N) is 1. The predicted molar refractivity (Wildman–Crippen MR) is 338 cm³/mol. The smallest absolute Gasteiger partial charge is 0.251 e. The first-order valence-corrected chi connectivity index (χ1v) is 30.0. The zero-order chi connectivity index (χ0) is 55.8. The standard InChI is InChI=1S/C61H65N7O2S2.C7H9N/c1-40-19-28-56-51(33-40)66-52-34-41(2)49(37-57(52)71-56)62-29-13-6-8-15-31-64-60(69)46-24-20-44(21-25-46)45-22-26-47(27-23-45)61(70)65-32-16-9-7-14-30-63-50-38-58-53(35-42(50)3)67-54-36-43(4)55(39-59(54)72-58)68(5)48-17-11-10-12-18-48;1-8-7-5-3-2-4-6-7/h10-12,17-18,20-28,33-39,62H,6-9,13-16,19,29-32H2,1-5H3,(H2,64,65,69,70);2-6,8H,1H3/p+2. The van der Waals surface area contributed by atoms with Gasteiger partial charge in [-0.3, -0.25) is 9.59 Å². The van der Waals surface area contributed by atoms with Gasteiger partial charge >= 0.3 is 0 Å². The van der Waals surface area contributed by atoms with Gasteiger partial charge in [-0.25, -0.2) is 9.98 Å². The molecular weight excluding hydrogens is 1020 g/mol. The molecule has 0 spiro atoms. The van der Waals surface area contributed by atoms with Crippen LogP contribution < -0.4 is 36.5 Å². The van der Waals surface area contributed by atoms with E-state index < -0.39 is 0 Å². The lowest BCUT2D eigenvalue weighted by atomic mass is 10.0. The number of hydrogen-bond donors (Lipinski definition) is 5. The minimum absolute atomic E-state index is 0.0555. The van der Waals surface area contributed by atoms with Crippen LogP contribution >= 0.6 is 23.1 Å². The van der Waals surface area contributed by atoms with Crippen LogP contribution in [-0.4, -0.2) is 62.8 Å². The molecule has 0 fully saturated rings. The number of aromatic nitrogens is 1. The summed E-state index contributed by atoms with van der Waals surface area (Å²) in [6, 6.07) is 49.4. The largest absolute Gasteiger partial charge is 0.385 e. The molecule has 0 unspecified atom stereocenters. The number of rotatable bonds is 21. The molecule has 6 N–H and O–H groups in total. The Morgan fingerprint density at radius 1 is 0.613 bits per heavy atom. The highest BCUT2D eigenvalue weighted by atomic mass is 32.2. The average Bonchev–Trinajstić information content (AvgIpc) is 3.50. The molecular formula is C68H76N8O2S2+2. The van der Waals surface area contributed by atoms with Crippen LogP contribution in [-0.2, 0) is 0 Å². The zero-order valence-electron chi connectivity index (χ0n) is 47.3. The zero-order valence-corrected chi connectivity index (χ0v) is 48.9. The second-order valence-corrected chi connectivity index (χ2v) is 23.1. The van der Waals surface area contributed by atoms with Gasteiger partial charge in [0, 0.05) is 82.2 Å². The number of aliphatic imine (C=N–C) groups is 1. The number of nitrogens with zero attached hydrogens (tertiary/aromatic N) is 3. The Morgan fingerprint density at radius 3 is 1.76 bits per heavy atom. The lowest BCUT2D eigenvalue weighted by molar-refractivity contribution is -0.539. The normalized spacial score (nSPS) is 12.9. The summed E-state index contributed by atoms with van der Waals surface area (Å²) in [7, 11) is 4.16. The number of fused-ring (bicyclic) bond motifs is 4. The van der Waals surface area contributed by atoms with Crippen molar-refractivity contribution in [1.29, 1.82) is 0 Å². The second kappa shape index (κ2) is 28.0. The number of quaternary nitrogens is 1. The van der Waals surface area contributed by atoms with Crippen molar-refractivity contribution in [1.82, 2.24) is 20.2 Å². The Balaban J connectivity index is 0.000000890. The molecule has 0 bridgehead atoms. The number of nitrogens with one attached hydrogen (secondary N) is 4. The van der Waals surface area contributed by atoms with E-state index in [4.69, 9.17) is 9.98 Å². The molecule has 0 saturated heterocycles. The first-order valence-electron chi connectivity index (χ1n) is 28.3. The SMILES string of the molecule is CC1=CC2=Nc3cc(C)c(NCCCCCCNC(=O)c4ccc(-c5ccc(C(=O)NCCCCCCNc6cc7sc8cc(=[N+](C)c9ccccc9)c(C)cc-8nc7cc6C)cc5)cc4)cc3SC2=CC1.C[NH2+]c1ccccc1. The quantitative estimate of drug-likeness (QED) is 0.0211. The highest BCUT2D eigenvalue weighted by molar-refractivity contribution is 8.04. The maximum atomic E-state index is 13.0. The minimum Gasteiger partial charge on any atom is -0.385 e. The van der Waals surface area contributed by atoms with Gasteiger partial charge in [0.05, 0.1) is 39.2 Å². The van der Waals surface area contributed by atoms with Crippen molar-refractivity contribution in [2.24, 2.45) is 4.99 Å². The summed E-state index contributed by atoms with van der Waals surface area (Å²) in [5, 5.41) is 16.8. The summed E-state index contributed by atoms with van der Waals surface area (Å²) >= 11 is 3.61. The Bertz CT molecular complexity index is 3570. The molecule has 80 heavy (non-hydrogen) atoms. The highest BCUT2D eigenvalue weighted by Crippen LogP contribution is 2.44. The van der Waals surface area contributed by atoms with E-state index in [0.717, 1.165) is 116 Å². The molecule has 0 saturated carbocycles. The summed E-state index contributed by atoms with van der Waals surface area (Å²) in [5.74, 6) is -0.115. The van der Waals surface area contributed by atoms with Gasteiger partial charge < -0.3 is 26.6 Å². The van der Waals surface area contributed by atoms with Crippen LogP contribution in [0.4, 0.5) is 28.4 Å². The van der Waals surface area contributed by atoms with E-state index in [1.807, 2.05) is 91.6 Å². The molecule has 410 valence electrons. The Labute approximate surface area is 481 Å². The summed E-state index contributed by atoms with van der Waals surface area (Å²) in [6.07, 6.45) is 13.8. The number of carbonyl (C=O) groups is 2. The monoisotopic (exact) mass is 1100 g/mol. The lowest BCUT2D eigenvalue weighted by Gasteiger charge is -2.21. The number of anilines is 2. The van der Waals surface area contributed by atoms with Crippen molar-refractivity contribution < 1.29 is 14.9 Å². The average molecular weight is 1100 g/mol. The fourth-order valence-corrected chi connectivity index (χ4v) is 12.0. The van der Waals surface area contributed by atoms with Gasteiger partial charge in [0.25, 0.3) is 11.8 Å². The third-order valence-electron chi connectivity index (χ3n) is 14.7. The van der Waals surface area contributed by atoms with Crippen LogP contribution in [0.2, 0.25) is 0 Å². The summed E-state index contributed by atoms with van der Waals surface area (Å²) < 4.78 is 3.41. The van der Waals surface area contributed by atoms with Gasteiger partial charge in [0.1, 0.15) is 12.7 Å². The fourth-order valence-electron chi connectivity index (χ4n) is 9.98. The molecule has 0 aromatic heterocycles. The molecule has 10 nitrogen and oxygen atoms in total. The van der Waals surface area contributed by atoms with Gasteiger partial charge in [0.2, 0.25) is 11.0 Å². The van der Waals surface area contributed by atoms with Crippen molar-refractivity contribution >= 4 is 79.3 Å². The van der Waals surface area contributed by atoms with Gasteiger partial charge in [-0.15, -0.1) is 11.3 Å². The van der Waals surface area contributed by atoms with Gasteiger partial charge in [-0.1, -0.05) is 110 Å². The number of unbranched alkanes of at least 4 members (excludes halogenated alkanes) is 6. The number of aryl methyl sites for hydroxylation is 3. The van der Waals surface area contributed by atoms with Crippen molar-refractivity contribution in [3.8, 4) is 21.7 Å². The van der Waals surface area contributed by atoms with Crippen molar-refractivity contribution in [2.45, 2.75) is 90.4 Å². The first kappa shape index (κ1) is 57.1. The van der Waals surface area contributed by atoms with Crippen molar-refractivity contribution in [2.75, 3.05) is 50.9 Å². The maximum absolute atomic E-state index is 13.0. The van der Waals surface area contributed by atoms with Gasteiger partial charge in [0.15, 0.2) is 0 Å². The first-order chi connectivity index (χ1) is 39.0. The van der Waals surface area contributed by atoms with E-state index in [0.29, 0.717) is 24.2 Å². The molecule has 12 heteroatoms. The molecule has 10 rings (SSSR count). The molecule has 2 aliphatic heterocycles. The number of allylic oxidation sites excluding steroid dienone is 4. The highest BCUT2D eigenvalue weighted by Gasteiger charge is 2.21. The molecule has 4 aliphatic rings. The van der Waals surface area contributed by atoms with E-state index in [9.17, 15) is 9.59 Å². The molecule has 2 heterocycles. The molecule has 0 atom stereocenters. The number of para-hydroxylation sites is 2. The number of thioether (sulfide) groups is 1. The molecule has 6 aromatic carbocycles. The molecule has 0 radical (unpaired) electrons. The molecule has 6 aromatic rings. The minimum atomic E-state index is -0.0593. The number of hydrogen-bond acceptors (Lipinski definition) is 8. The van der Waals surface area contributed by atoms with Crippen LogP contribution in [0.25, 0.3) is 31.9 Å². The fraction of sp³-hybridized carbons (Fsp3) is 0.279. The summed E-state index contributed by atoms with van der Waals surface area (Å²) in [4.78, 5) is 39.5. The van der Waals surface area contributed by atoms with E-state index in [2.05, 4.69) is 151 Å². The molecule has 2 aliphatic carbocycles. The Morgan fingerprint density at radius 2 is 1.18 bits per heavy atom. The van der Waals surface area contributed by atoms with Gasteiger partial charge in [-0.2, -0.15) is 4.58 Å². The van der Waals surface area contributed by atoms with Crippen molar-refractivity contribution in [3.05, 3.63) is 201 Å². The number of benzene rings is 7. The van der Waals surface area contributed by atoms with Gasteiger partial charge in [-0.05, 0) is 155 Å². The third-order valence-corrected chi connectivity index (χ3v) is 17.0. The van der Waals surface area contributed by atoms with Crippen LogP contribution in [0.15, 0.2) is 178 Å². The number of carbonyl (C=O) groups excluding carboxylic acids is 2. The summed E-state index contributed by atoms with van der Waals surface area (Å²) in [5.41, 5.74) is 17.2. The van der Waals surface area contributed by atoms with Crippen molar-refractivity contribution in [3.63, 3.8) is 0 Å². The van der Waals surface area contributed by atoms with E-state index in [1.54, 1.807) is 11.3 Å². The number of amides is 2. The second-order valence-electron chi connectivity index (χ2n) is 20.9. The topological polar surface area (TPSA) is 127 Å². The third kappa shape index (κ3) is 15.2. The summed E-state index contributed by atoms with van der Waals surface area (Å²) in [6.45, 7) is 11.7. The molecule has 2 amide bonds. The predicted octanol–water partition coefficient (Wildman–Crippen LogP) is 14.5. The van der Waals surface area contributed by atoms with Crippen LogP contribution in [0, 0.1) is 20.8 Å². The lowest BCUT2D eigenvalue weighted by Crippen LogP contribution is -2.72. The van der Waals surface area contributed by atoms with Crippen LogP contribution in [0.1, 0.15) is 102 Å². The van der Waals surface area contributed by atoms with Crippen LogP contribution in [0.5, 0.6) is 0 Å². The Kier molecular flexibility index (Phi) is 20.0. The van der Waals surface area contributed by atoms with E-state index in [1.165, 1.54) is 58.4 Å². The Hall–Kier alpha value is -7.64. The van der Waals surface area contributed by atoms with E-state index in [-0.39, 0.29) is 11.8 Å². The maximum Gasteiger partial charge on any atom is 0.251 e.